The van der Waals surface area contributed by atoms with Crippen LogP contribution >= 0.6 is 15.9 Å². The van der Waals surface area contributed by atoms with Crippen LogP contribution in [0.5, 0.6) is 0 Å². The van der Waals surface area contributed by atoms with Gasteiger partial charge in [0.05, 0.1) is 5.56 Å². The molecule has 1 unspecified atom stereocenters. The van der Waals surface area contributed by atoms with Gasteiger partial charge in [0.2, 0.25) is 0 Å². The highest BCUT2D eigenvalue weighted by Crippen LogP contribution is 2.29. The molecule has 2 aromatic carbocycles. The topological polar surface area (TPSA) is 17.1 Å². The Hall–Kier alpha value is -1.55. The number of carbonyl (C=O) groups excluding carboxylic acids is 1. The first-order chi connectivity index (χ1) is 9.54. The fourth-order valence-corrected chi connectivity index (χ4v) is 2.22. The standard InChI is InChI=1S/C16H13BrF2O/c1-2-12(17)11-8-13(18)15(14(19)9-11)16(20)10-6-4-3-5-7-10/h3-9,12H,2H2,1H3. The lowest BCUT2D eigenvalue weighted by Gasteiger charge is -2.11. The molecule has 1 nitrogen and oxygen atoms in total. The Bertz CT molecular complexity index is 603. The van der Waals surface area contributed by atoms with Crippen LogP contribution in [0, 0.1) is 11.6 Å². The zero-order valence-electron chi connectivity index (χ0n) is 10.9. The fraction of sp³-hybridized carbons (Fsp3) is 0.188. The molecule has 2 rings (SSSR count). The van der Waals surface area contributed by atoms with Gasteiger partial charge in [0.1, 0.15) is 11.6 Å². The van der Waals surface area contributed by atoms with Crippen LogP contribution in [0.4, 0.5) is 8.78 Å². The molecule has 0 fully saturated rings. The number of rotatable bonds is 4. The minimum atomic E-state index is -0.827. The third kappa shape index (κ3) is 2.96. The van der Waals surface area contributed by atoms with E-state index in [4.69, 9.17) is 0 Å². The second-order valence-electron chi connectivity index (χ2n) is 4.43. The van der Waals surface area contributed by atoms with Gasteiger partial charge >= 0.3 is 0 Å². The summed E-state index contributed by atoms with van der Waals surface area (Å²) in [5.74, 6) is -2.30. The van der Waals surface area contributed by atoms with Crippen molar-refractivity contribution in [3.63, 3.8) is 0 Å². The van der Waals surface area contributed by atoms with Crippen molar-refractivity contribution in [2.75, 3.05) is 0 Å². The van der Waals surface area contributed by atoms with Crippen molar-refractivity contribution in [3.8, 4) is 0 Å². The molecule has 0 bridgehead atoms. The highest BCUT2D eigenvalue weighted by Gasteiger charge is 2.21. The van der Waals surface area contributed by atoms with Gasteiger partial charge in [-0.2, -0.15) is 0 Å². The lowest BCUT2D eigenvalue weighted by molar-refractivity contribution is 0.103. The molecule has 0 aliphatic heterocycles. The lowest BCUT2D eigenvalue weighted by atomic mass is 9.99. The molecule has 0 saturated carbocycles. The first-order valence-electron chi connectivity index (χ1n) is 6.27. The van der Waals surface area contributed by atoms with E-state index in [2.05, 4.69) is 15.9 Å². The molecule has 0 aliphatic rings. The quantitative estimate of drug-likeness (QED) is 0.563. The zero-order valence-corrected chi connectivity index (χ0v) is 12.5. The van der Waals surface area contributed by atoms with E-state index in [1.54, 1.807) is 18.2 Å². The smallest absolute Gasteiger partial charge is 0.198 e. The van der Waals surface area contributed by atoms with Crippen molar-refractivity contribution in [2.45, 2.75) is 18.2 Å². The zero-order chi connectivity index (χ0) is 14.7. The fourth-order valence-electron chi connectivity index (χ4n) is 1.96. The number of ketones is 1. The summed E-state index contributed by atoms with van der Waals surface area (Å²) >= 11 is 3.34. The maximum atomic E-state index is 14.1. The Morgan fingerprint density at radius 2 is 1.70 bits per heavy atom. The van der Waals surface area contributed by atoms with E-state index < -0.39 is 23.0 Å². The van der Waals surface area contributed by atoms with Crippen molar-refractivity contribution < 1.29 is 13.6 Å². The second-order valence-corrected chi connectivity index (χ2v) is 5.54. The predicted octanol–water partition coefficient (Wildman–Crippen LogP) is 5.04. The molecule has 0 heterocycles. The number of halogens is 3. The maximum absolute atomic E-state index is 14.1. The van der Waals surface area contributed by atoms with Crippen LogP contribution in [0.15, 0.2) is 42.5 Å². The minimum Gasteiger partial charge on any atom is -0.288 e. The summed E-state index contributed by atoms with van der Waals surface area (Å²) in [6, 6.07) is 10.5. The minimum absolute atomic E-state index is 0.132. The highest BCUT2D eigenvalue weighted by atomic mass is 79.9. The summed E-state index contributed by atoms with van der Waals surface area (Å²) in [5.41, 5.74) is 0.256. The summed E-state index contributed by atoms with van der Waals surface area (Å²) in [7, 11) is 0. The van der Waals surface area contributed by atoms with E-state index in [9.17, 15) is 13.6 Å². The molecule has 0 aromatic heterocycles. The van der Waals surface area contributed by atoms with Crippen molar-refractivity contribution in [3.05, 3.63) is 70.8 Å². The van der Waals surface area contributed by atoms with Gasteiger partial charge in [0, 0.05) is 10.4 Å². The van der Waals surface area contributed by atoms with E-state index in [0.29, 0.717) is 12.0 Å². The third-order valence-electron chi connectivity index (χ3n) is 3.05. The molecule has 0 amide bonds. The van der Waals surface area contributed by atoms with Gasteiger partial charge in [-0.05, 0) is 24.1 Å². The normalized spacial score (nSPS) is 12.2. The lowest BCUT2D eigenvalue weighted by Crippen LogP contribution is -2.08. The molecule has 2 aromatic rings. The van der Waals surface area contributed by atoms with Crippen LogP contribution in [-0.4, -0.2) is 5.78 Å². The molecule has 4 heteroatoms. The van der Waals surface area contributed by atoms with Crippen molar-refractivity contribution in [1.82, 2.24) is 0 Å². The van der Waals surface area contributed by atoms with Crippen LogP contribution in [-0.2, 0) is 0 Å². The van der Waals surface area contributed by atoms with Gasteiger partial charge in [-0.25, -0.2) is 8.78 Å². The number of hydrogen-bond acceptors (Lipinski definition) is 1. The molecule has 0 aliphatic carbocycles. The Balaban J connectivity index is 2.46. The number of benzene rings is 2. The first kappa shape index (κ1) is 14.9. The van der Waals surface area contributed by atoms with Crippen LogP contribution in [0.25, 0.3) is 0 Å². The number of alkyl halides is 1. The largest absolute Gasteiger partial charge is 0.288 e. The van der Waals surface area contributed by atoms with Crippen LogP contribution in [0.1, 0.15) is 39.7 Å². The van der Waals surface area contributed by atoms with Gasteiger partial charge < -0.3 is 0 Å². The second kappa shape index (κ2) is 6.27. The monoisotopic (exact) mass is 338 g/mol. The molecule has 20 heavy (non-hydrogen) atoms. The Morgan fingerprint density at radius 1 is 1.15 bits per heavy atom. The van der Waals surface area contributed by atoms with Crippen LogP contribution in [0.3, 0.4) is 0 Å². The summed E-state index contributed by atoms with van der Waals surface area (Å²) in [4.78, 5) is 12.0. The Morgan fingerprint density at radius 3 is 2.20 bits per heavy atom. The summed E-state index contributed by atoms with van der Waals surface area (Å²) in [6.07, 6.45) is 0.699. The highest BCUT2D eigenvalue weighted by molar-refractivity contribution is 9.09. The van der Waals surface area contributed by atoms with E-state index >= 15 is 0 Å². The summed E-state index contributed by atoms with van der Waals surface area (Å²) in [6.45, 7) is 1.90. The van der Waals surface area contributed by atoms with Gasteiger partial charge in [-0.1, -0.05) is 53.2 Å². The van der Waals surface area contributed by atoms with Gasteiger partial charge in [-0.15, -0.1) is 0 Å². The molecular formula is C16H13BrF2O. The van der Waals surface area contributed by atoms with Crippen LogP contribution < -0.4 is 0 Å². The summed E-state index contributed by atoms with van der Waals surface area (Å²) < 4.78 is 28.1. The van der Waals surface area contributed by atoms with E-state index in [1.807, 2.05) is 6.92 Å². The van der Waals surface area contributed by atoms with Crippen molar-refractivity contribution >= 4 is 21.7 Å². The average molecular weight is 339 g/mol. The third-order valence-corrected chi connectivity index (χ3v) is 4.22. The van der Waals surface area contributed by atoms with Crippen LogP contribution in [0.2, 0.25) is 0 Å². The number of carbonyl (C=O) groups is 1. The number of hydrogen-bond donors (Lipinski definition) is 0. The van der Waals surface area contributed by atoms with Crippen molar-refractivity contribution in [1.29, 1.82) is 0 Å². The first-order valence-corrected chi connectivity index (χ1v) is 7.19. The summed E-state index contributed by atoms with van der Waals surface area (Å²) in [5, 5.41) is 0. The molecule has 0 spiro atoms. The Labute approximate surface area is 124 Å². The molecule has 104 valence electrons. The molecule has 0 N–H and O–H groups in total. The van der Waals surface area contributed by atoms with E-state index in [0.717, 1.165) is 0 Å². The Kier molecular flexibility index (Phi) is 4.65. The van der Waals surface area contributed by atoms with E-state index in [1.165, 1.54) is 24.3 Å². The van der Waals surface area contributed by atoms with Gasteiger partial charge in [0.15, 0.2) is 5.78 Å². The molecular weight excluding hydrogens is 326 g/mol. The van der Waals surface area contributed by atoms with Crippen molar-refractivity contribution in [2.24, 2.45) is 0 Å². The predicted molar refractivity (Wildman–Crippen MR) is 78.2 cm³/mol. The van der Waals surface area contributed by atoms with Gasteiger partial charge in [0.25, 0.3) is 0 Å². The maximum Gasteiger partial charge on any atom is 0.198 e. The molecule has 0 radical (unpaired) electrons. The van der Waals surface area contributed by atoms with Gasteiger partial charge in [-0.3, -0.25) is 4.79 Å². The van der Waals surface area contributed by atoms with E-state index in [-0.39, 0.29) is 10.4 Å². The molecule has 0 saturated heterocycles. The average Bonchev–Trinajstić information content (AvgIpc) is 2.46. The molecule has 1 atom stereocenters. The SMILES string of the molecule is CCC(Br)c1cc(F)c(C(=O)c2ccccc2)c(F)c1.